The summed E-state index contributed by atoms with van der Waals surface area (Å²) in [5, 5.41) is 0.437. The van der Waals surface area contributed by atoms with Gasteiger partial charge < -0.3 is 0 Å². The predicted octanol–water partition coefficient (Wildman–Crippen LogP) is 5.16. The van der Waals surface area contributed by atoms with Gasteiger partial charge in [0.05, 0.1) is 0 Å². The Morgan fingerprint density at radius 1 is 0.704 bits per heavy atom. The number of carbonyl (C=O) groups is 1. The second-order valence-corrected chi connectivity index (χ2v) is 6.16. The van der Waals surface area contributed by atoms with E-state index in [4.69, 9.17) is 0 Å². The zero-order chi connectivity index (χ0) is 22.4. The fourth-order valence-electron chi connectivity index (χ4n) is 2.00. The lowest BCUT2D eigenvalue weighted by Crippen LogP contribution is -2.77. The van der Waals surface area contributed by atoms with Crippen molar-refractivity contribution in [3.05, 3.63) is 11.7 Å². The van der Waals surface area contributed by atoms with Crippen LogP contribution >= 0.6 is 0 Å². The Morgan fingerprint density at radius 2 is 1.07 bits per heavy atom. The highest BCUT2D eigenvalue weighted by Crippen LogP contribution is 2.56. The summed E-state index contributed by atoms with van der Waals surface area (Å²) in [5.74, 6) is -11.5. The molecular weight excluding hydrogens is 421 g/mol. The third kappa shape index (κ3) is 4.66. The fraction of sp³-hybridized carbons (Fsp3) is 0.750. The van der Waals surface area contributed by atoms with Gasteiger partial charge in [0.1, 0.15) is 5.57 Å². The lowest BCUT2D eigenvalue weighted by Gasteiger charge is -2.46. The first kappa shape index (κ1) is 25.5. The van der Waals surface area contributed by atoms with E-state index in [2.05, 4.69) is 0 Å². The summed E-state index contributed by atoms with van der Waals surface area (Å²) in [7, 11) is 0. The summed E-state index contributed by atoms with van der Waals surface area (Å²) in [6.07, 6.45) is -25.3. The van der Waals surface area contributed by atoms with E-state index in [-0.39, 0.29) is 0 Å². The largest absolute Gasteiger partial charge is 0.456 e. The van der Waals surface area contributed by atoms with Crippen molar-refractivity contribution in [2.75, 3.05) is 0 Å². The Morgan fingerprint density at radius 3 is 1.26 bits per heavy atom. The monoisotopic (exact) mass is 431 g/mol. The molecule has 27 heavy (non-hydrogen) atoms. The topological polar surface area (TPSA) is 29.1 Å². The molecule has 2 nitrogen and oxygen atoms in total. The summed E-state index contributed by atoms with van der Waals surface area (Å²) in [6.45, 7) is 1.43. The molecule has 0 heterocycles. The zero-order valence-electron chi connectivity index (χ0n) is 13.3. The van der Waals surface area contributed by atoms with E-state index >= 15 is 0 Å². The lowest BCUT2D eigenvalue weighted by molar-refractivity contribution is -0.354. The van der Waals surface area contributed by atoms with Crippen molar-refractivity contribution in [2.24, 2.45) is 0 Å². The first-order chi connectivity index (χ1) is 11.4. The first-order valence-corrected chi connectivity index (χ1v) is 6.41. The maximum atomic E-state index is 13.8. The van der Waals surface area contributed by atoms with Crippen LogP contribution in [0.5, 0.6) is 0 Å². The van der Waals surface area contributed by atoms with Crippen LogP contribution in [0.15, 0.2) is 11.7 Å². The fourth-order valence-corrected chi connectivity index (χ4v) is 2.00. The summed E-state index contributed by atoms with van der Waals surface area (Å²) in [6, 6.07) is 0. The molecular formula is C12H10F13NO. The van der Waals surface area contributed by atoms with Gasteiger partial charge in [0.15, 0.2) is 0 Å². The number of alkyl halides is 11. The molecule has 15 heteroatoms. The maximum Gasteiger partial charge on any atom is 0.456 e. The Hall–Kier alpha value is -1.54. The van der Waals surface area contributed by atoms with Crippen LogP contribution in [0.2, 0.25) is 0 Å². The van der Waals surface area contributed by atoms with E-state index in [1.54, 1.807) is 0 Å². The average Bonchev–Trinajstić information content (AvgIpc) is 2.31. The molecule has 0 radical (unpaired) electrons. The van der Waals surface area contributed by atoms with Gasteiger partial charge in [-0.1, -0.05) is 0 Å². The van der Waals surface area contributed by atoms with Crippen molar-refractivity contribution in [2.45, 2.75) is 56.3 Å². The van der Waals surface area contributed by atoms with E-state index in [0.29, 0.717) is 26.1 Å². The van der Waals surface area contributed by atoms with Gasteiger partial charge in [-0.3, -0.25) is 10.1 Å². The molecule has 0 aliphatic heterocycles. The molecule has 0 aromatic carbocycles. The Labute approximate surface area is 142 Å². The van der Waals surface area contributed by atoms with E-state index in [1.807, 2.05) is 0 Å². The quantitative estimate of drug-likeness (QED) is 0.493. The van der Waals surface area contributed by atoms with Crippen LogP contribution in [0.25, 0.3) is 0 Å². The summed E-state index contributed by atoms with van der Waals surface area (Å²) >= 11 is 0. The first-order valence-electron chi connectivity index (χ1n) is 6.41. The molecule has 0 amide bonds. The molecule has 0 aromatic heterocycles. The van der Waals surface area contributed by atoms with Crippen LogP contribution in [-0.4, -0.2) is 41.3 Å². The van der Waals surface area contributed by atoms with Crippen molar-refractivity contribution in [1.82, 2.24) is 5.32 Å². The molecule has 160 valence electrons. The highest BCUT2D eigenvalue weighted by Gasteiger charge is 2.83. The molecule has 0 saturated heterocycles. The van der Waals surface area contributed by atoms with Crippen molar-refractivity contribution >= 4 is 5.78 Å². The lowest BCUT2D eigenvalue weighted by atomic mass is 9.78. The van der Waals surface area contributed by atoms with Crippen LogP contribution < -0.4 is 5.32 Å². The number of carbonyl (C=O) groups excluding carboxylic acids is 1. The number of hydrogen-bond acceptors (Lipinski definition) is 2. The van der Waals surface area contributed by atoms with Gasteiger partial charge in [-0.25, -0.2) is 0 Å². The van der Waals surface area contributed by atoms with Gasteiger partial charge in [-0.2, -0.15) is 57.1 Å². The Balaban J connectivity index is 7.52. The molecule has 1 atom stereocenters. The molecule has 0 aliphatic rings. The maximum absolute atomic E-state index is 13.8. The molecule has 1 unspecified atom stereocenters. The normalized spacial score (nSPS) is 16.7. The van der Waals surface area contributed by atoms with Gasteiger partial charge >= 0.3 is 24.5 Å². The number of Topliss-reactive ketones (excluding diaryl/α,β-unsaturated/α-hetero) is 1. The molecule has 0 fully saturated rings. The molecule has 1 N–H and O–H groups in total. The average molecular weight is 431 g/mol. The highest BCUT2D eigenvalue weighted by atomic mass is 19.4. The van der Waals surface area contributed by atoms with Crippen LogP contribution in [0.4, 0.5) is 57.1 Å². The molecule has 0 aliphatic carbocycles. The summed E-state index contributed by atoms with van der Waals surface area (Å²) in [4.78, 5) is 11.1. The highest BCUT2D eigenvalue weighted by molar-refractivity contribution is 6.02. The minimum atomic E-state index is -7.30. The summed E-state index contributed by atoms with van der Waals surface area (Å²) in [5.41, 5.74) is -13.1. The van der Waals surface area contributed by atoms with Crippen molar-refractivity contribution in [1.29, 1.82) is 0 Å². The summed E-state index contributed by atoms with van der Waals surface area (Å²) < 4.78 is 169. The number of rotatable bonds is 4. The number of nitrogens with one attached hydrogen (secondary N) is 1. The van der Waals surface area contributed by atoms with Gasteiger partial charge in [-0.15, -0.1) is 0 Å². The zero-order valence-corrected chi connectivity index (χ0v) is 13.3. The van der Waals surface area contributed by atoms with Crippen LogP contribution in [0.1, 0.15) is 20.8 Å². The minimum absolute atomic E-state index is 0.437. The molecule has 0 saturated carbocycles. The minimum Gasteiger partial charge on any atom is -0.289 e. The van der Waals surface area contributed by atoms with Crippen molar-refractivity contribution < 1.29 is 61.9 Å². The third-order valence-corrected chi connectivity index (χ3v) is 2.86. The van der Waals surface area contributed by atoms with Crippen LogP contribution in [0.3, 0.4) is 0 Å². The van der Waals surface area contributed by atoms with Gasteiger partial charge in [0.2, 0.25) is 5.54 Å². The number of ketones is 1. The second kappa shape index (κ2) is 6.81. The van der Waals surface area contributed by atoms with Crippen molar-refractivity contribution in [3.8, 4) is 0 Å². The number of halogens is 13. The molecule has 0 rings (SSSR count). The number of hydrogen-bond donors (Lipinski definition) is 1. The standard InChI is InChI=1S/C12H10F13NO/c1-7(2,3)26-8(11(20,21)22,10(18,19)12(23,24)25)4(6(13)14)5(27)9(15,16)17/h26H,1-3H3. The smallest absolute Gasteiger partial charge is 0.289 e. The second-order valence-electron chi connectivity index (χ2n) is 6.16. The predicted molar refractivity (Wildman–Crippen MR) is 63.0 cm³/mol. The van der Waals surface area contributed by atoms with Gasteiger partial charge in [0.25, 0.3) is 11.9 Å². The Kier molecular flexibility index (Phi) is 6.42. The SMILES string of the molecule is CC(C)(C)NC(C(C(=O)C(F)(F)F)=C(F)F)(C(F)(F)F)C(F)(F)C(F)(F)F. The van der Waals surface area contributed by atoms with E-state index < -0.39 is 53.0 Å². The molecule has 0 aromatic rings. The Bertz CT molecular complexity index is 601. The molecule has 0 spiro atoms. The van der Waals surface area contributed by atoms with Crippen LogP contribution in [0, 0.1) is 0 Å². The molecule has 0 bridgehead atoms. The van der Waals surface area contributed by atoms with Gasteiger partial charge in [0, 0.05) is 5.54 Å². The van der Waals surface area contributed by atoms with E-state index in [1.165, 1.54) is 0 Å². The van der Waals surface area contributed by atoms with Crippen LogP contribution in [-0.2, 0) is 4.79 Å². The van der Waals surface area contributed by atoms with Crippen molar-refractivity contribution in [3.63, 3.8) is 0 Å². The van der Waals surface area contributed by atoms with E-state index in [9.17, 15) is 61.9 Å². The van der Waals surface area contributed by atoms with E-state index in [0.717, 1.165) is 0 Å². The third-order valence-electron chi connectivity index (χ3n) is 2.86. The van der Waals surface area contributed by atoms with Gasteiger partial charge in [-0.05, 0) is 20.8 Å².